The molecule has 0 spiro atoms. The van der Waals surface area contributed by atoms with E-state index in [4.69, 9.17) is 23.2 Å². The van der Waals surface area contributed by atoms with Crippen molar-refractivity contribution in [1.82, 2.24) is 9.97 Å². The molecule has 11 aromatic rings. The number of aromatic nitrogens is 2. The number of hydrogen-bond acceptors (Lipinski definition) is 6. The van der Waals surface area contributed by atoms with E-state index in [9.17, 15) is 0 Å². The smallest absolute Gasteiger partial charge is 0.153 e. The topological polar surface area (TPSA) is 68.4 Å². The zero-order valence-electron chi connectivity index (χ0n) is 27.7. The van der Waals surface area contributed by atoms with Gasteiger partial charge < -0.3 is 18.2 Å². The summed E-state index contributed by atoms with van der Waals surface area (Å²) in [5.41, 5.74) is 11.6. The first-order valence-electron chi connectivity index (χ1n) is 17.2. The molecule has 5 aromatic heterocycles. The molecule has 0 bridgehead atoms. The molecule has 11 rings (SSSR count). The molecule has 0 amide bonds. The zero-order chi connectivity index (χ0) is 34.2. The van der Waals surface area contributed by atoms with Gasteiger partial charge in [-0.2, -0.15) is 0 Å². The third kappa shape index (κ3) is 4.44. The zero-order valence-corrected chi connectivity index (χ0v) is 27.7. The summed E-state index contributed by atoms with van der Waals surface area (Å²) < 4.78 is 18.5. The molecule has 0 unspecified atom stereocenters. The quantitative estimate of drug-likeness (QED) is 0.182. The molecule has 6 nitrogen and oxygen atoms in total. The molecule has 6 aromatic carbocycles. The van der Waals surface area contributed by atoms with Crippen molar-refractivity contribution in [3.63, 3.8) is 0 Å². The first-order chi connectivity index (χ1) is 25.7. The minimum atomic E-state index is 0.772. The van der Waals surface area contributed by atoms with Crippen LogP contribution in [0.1, 0.15) is 0 Å². The summed E-state index contributed by atoms with van der Waals surface area (Å²) in [6, 6.07) is 52.0. The van der Waals surface area contributed by atoms with Gasteiger partial charge in [-0.25, -0.2) is 0 Å². The molecule has 0 saturated heterocycles. The second-order valence-corrected chi connectivity index (χ2v) is 13.0. The summed E-state index contributed by atoms with van der Waals surface area (Å²) in [7, 11) is 0. The van der Waals surface area contributed by atoms with Crippen molar-refractivity contribution in [2.45, 2.75) is 0 Å². The summed E-state index contributed by atoms with van der Waals surface area (Å²) in [4.78, 5) is 12.0. The van der Waals surface area contributed by atoms with Crippen LogP contribution < -0.4 is 4.90 Å². The highest BCUT2D eigenvalue weighted by Gasteiger charge is 2.21. The van der Waals surface area contributed by atoms with E-state index in [0.29, 0.717) is 0 Å². The Morgan fingerprint density at radius 1 is 0.365 bits per heavy atom. The molecule has 0 fully saturated rings. The number of rotatable bonds is 5. The van der Waals surface area contributed by atoms with Crippen molar-refractivity contribution in [3.8, 4) is 22.5 Å². The van der Waals surface area contributed by atoms with Crippen LogP contribution in [0.2, 0.25) is 0 Å². The van der Waals surface area contributed by atoms with Gasteiger partial charge in [0.1, 0.15) is 22.3 Å². The Labute approximate surface area is 296 Å². The summed E-state index contributed by atoms with van der Waals surface area (Å²) in [5, 5.41) is 6.33. The van der Waals surface area contributed by atoms with Crippen LogP contribution in [-0.4, -0.2) is 9.97 Å². The first-order valence-corrected chi connectivity index (χ1v) is 17.2. The van der Waals surface area contributed by atoms with Crippen LogP contribution in [0.25, 0.3) is 88.3 Å². The van der Waals surface area contributed by atoms with E-state index in [1.807, 2.05) is 67.0 Å². The predicted octanol–water partition coefficient (Wildman–Crippen LogP) is 13.0. The second-order valence-electron chi connectivity index (χ2n) is 13.0. The fourth-order valence-electron chi connectivity index (χ4n) is 7.56. The van der Waals surface area contributed by atoms with E-state index in [1.165, 1.54) is 0 Å². The fourth-order valence-corrected chi connectivity index (χ4v) is 7.56. The number of benzene rings is 6. The fraction of sp³-hybridized carbons (Fsp3) is 0. The van der Waals surface area contributed by atoms with Gasteiger partial charge in [-0.1, -0.05) is 84.9 Å². The van der Waals surface area contributed by atoms with Gasteiger partial charge in [0.25, 0.3) is 0 Å². The Morgan fingerprint density at radius 2 is 0.827 bits per heavy atom. The molecule has 5 heterocycles. The maximum atomic E-state index is 6.37. The molecular weight excluding hydrogens is 643 g/mol. The van der Waals surface area contributed by atoms with E-state index in [2.05, 4.69) is 102 Å². The summed E-state index contributed by atoms with van der Waals surface area (Å²) in [5.74, 6) is 0. The molecule has 0 aliphatic carbocycles. The summed E-state index contributed by atoms with van der Waals surface area (Å²) in [6.07, 6.45) is 3.65. The Morgan fingerprint density at radius 3 is 1.40 bits per heavy atom. The van der Waals surface area contributed by atoms with Crippen molar-refractivity contribution < 1.29 is 13.3 Å². The van der Waals surface area contributed by atoms with Gasteiger partial charge in [-0.05, 0) is 66.7 Å². The van der Waals surface area contributed by atoms with Gasteiger partial charge in [0, 0.05) is 49.4 Å². The van der Waals surface area contributed by atoms with Gasteiger partial charge in [-0.3, -0.25) is 9.97 Å². The number of nitrogens with zero attached hydrogens (tertiary/aromatic N) is 3. The molecule has 0 aliphatic rings. The molecule has 0 N–H and O–H groups in total. The molecule has 6 heteroatoms. The lowest BCUT2D eigenvalue weighted by Crippen LogP contribution is -2.10. The van der Waals surface area contributed by atoms with Gasteiger partial charge in [0.2, 0.25) is 0 Å². The summed E-state index contributed by atoms with van der Waals surface area (Å²) in [6.45, 7) is 0. The van der Waals surface area contributed by atoms with Gasteiger partial charge in [0.05, 0.1) is 34.9 Å². The highest BCUT2D eigenvalue weighted by molar-refractivity contribution is 6.13. The lowest BCUT2D eigenvalue weighted by molar-refractivity contribution is 0.666. The number of furan rings is 3. The van der Waals surface area contributed by atoms with Crippen LogP contribution in [0.5, 0.6) is 0 Å². The molecular formula is C46H27N3O3. The van der Waals surface area contributed by atoms with Crippen molar-refractivity contribution in [2.75, 3.05) is 4.90 Å². The average molecular weight is 670 g/mol. The van der Waals surface area contributed by atoms with E-state index >= 15 is 0 Å². The third-order valence-corrected chi connectivity index (χ3v) is 9.95. The van der Waals surface area contributed by atoms with Crippen molar-refractivity contribution in [3.05, 3.63) is 164 Å². The highest BCUT2D eigenvalue weighted by Crippen LogP contribution is 2.44. The summed E-state index contributed by atoms with van der Waals surface area (Å²) >= 11 is 0. The molecule has 0 aliphatic heterocycles. The van der Waals surface area contributed by atoms with Crippen molar-refractivity contribution >= 4 is 82.9 Å². The maximum absolute atomic E-state index is 6.37. The number of hydrogen-bond donors (Lipinski definition) is 0. The van der Waals surface area contributed by atoms with E-state index in [-0.39, 0.29) is 0 Å². The standard InChI is InChI=1S/C46H27N3O3/c1-4-18-40-32(14-1)35-24-37(47-26-44(35)51-40)28-10-7-12-30(22-28)49(39-17-9-21-43-46(39)34-16-3-6-20-42(34)50-43)31-13-8-11-29(23-31)38-25-36-33-15-2-5-19-41(33)52-45(36)27-48-38/h1-27H. The number of pyridine rings is 2. The maximum Gasteiger partial charge on any atom is 0.153 e. The van der Waals surface area contributed by atoms with Crippen LogP contribution in [0, 0.1) is 0 Å². The molecule has 244 valence electrons. The number of fused-ring (bicyclic) bond motifs is 9. The normalized spacial score (nSPS) is 11.8. The van der Waals surface area contributed by atoms with Gasteiger partial charge >= 0.3 is 0 Å². The van der Waals surface area contributed by atoms with Gasteiger partial charge in [-0.15, -0.1) is 0 Å². The SMILES string of the molecule is c1cc(-c2cc3c(cn2)oc2ccccc23)cc(N(c2cccc(-c3cc4c(cn3)oc3ccccc34)c2)c2cccc3oc4ccccc4c23)c1. The van der Waals surface area contributed by atoms with Crippen molar-refractivity contribution in [1.29, 1.82) is 0 Å². The minimum Gasteiger partial charge on any atom is -0.456 e. The Kier molecular flexibility index (Phi) is 6.15. The van der Waals surface area contributed by atoms with E-state index in [0.717, 1.165) is 105 Å². The molecule has 0 radical (unpaired) electrons. The first kappa shape index (κ1) is 28.6. The highest BCUT2D eigenvalue weighted by atomic mass is 16.3. The minimum absolute atomic E-state index is 0.772. The van der Waals surface area contributed by atoms with E-state index < -0.39 is 0 Å². The third-order valence-electron chi connectivity index (χ3n) is 9.95. The monoisotopic (exact) mass is 669 g/mol. The molecule has 0 saturated carbocycles. The lowest BCUT2D eigenvalue weighted by Gasteiger charge is -2.27. The number of para-hydroxylation sites is 3. The van der Waals surface area contributed by atoms with Crippen LogP contribution in [0.15, 0.2) is 177 Å². The predicted molar refractivity (Wildman–Crippen MR) is 209 cm³/mol. The molecule has 0 atom stereocenters. The van der Waals surface area contributed by atoms with E-state index in [1.54, 1.807) is 0 Å². The van der Waals surface area contributed by atoms with Crippen LogP contribution in [0.3, 0.4) is 0 Å². The van der Waals surface area contributed by atoms with Gasteiger partial charge in [0.15, 0.2) is 11.2 Å². The Balaban J connectivity index is 1.11. The van der Waals surface area contributed by atoms with Crippen LogP contribution in [-0.2, 0) is 0 Å². The largest absolute Gasteiger partial charge is 0.456 e. The molecule has 52 heavy (non-hydrogen) atoms. The van der Waals surface area contributed by atoms with Crippen LogP contribution in [0.4, 0.5) is 17.1 Å². The second kappa shape index (κ2) is 11.2. The van der Waals surface area contributed by atoms with Crippen molar-refractivity contribution in [2.24, 2.45) is 0 Å². The Bertz CT molecular complexity index is 3010. The lowest BCUT2D eigenvalue weighted by atomic mass is 10.0. The number of anilines is 3. The Hall–Kier alpha value is -7.18. The average Bonchev–Trinajstić information content (AvgIpc) is 3.89. The van der Waals surface area contributed by atoms with Crippen LogP contribution >= 0.6 is 0 Å².